The van der Waals surface area contributed by atoms with Crippen LogP contribution in [0.4, 0.5) is 11.4 Å². The number of aryl methyl sites for hydroxylation is 2. The monoisotopic (exact) mass is 902 g/mol. The van der Waals surface area contributed by atoms with E-state index in [1.165, 1.54) is 5.56 Å². The normalized spacial score (nSPS) is 12.7. The number of carbonyl (C=O) groups excluding carboxylic acids is 4. The number of para-hydroxylation sites is 2. The summed E-state index contributed by atoms with van der Waals surface area (Å²) < 4.78 is 33.3. The molecule has 350 valence electrons. The van der Waals surface area contributed by atoms with E-state index in [4.69, 9.17) is 28.4 Å². The summed E-state index contributed by atoms with van der Waals surface area (Å²) >= 11 is 0. The van der Waals surface area contributed by atoms with E-state index in [-0.39, 0.29) is 49.3 Å². The number of rotatable bonds is 27. The van der Waals surface area contributed by atoms with Crippen LogP contribution in [0.3, 0.4) is 0 Å². The maximum Gasteiger partial charge on any atom is 0.227 e. The molecule has 14 nitrogen and oxygen atoms in total. The SMILES string of the molecule is O=C(CCC(=O)N1Cc2ccccc2C#Cc2ccccc21)NCCOCCOCCOCCOCCOCCOCCNC(=O)CCC(=O)N1Cc2ccccc2CCc2ccccc21. The third-order valence-corrected chi connectivity index (χ3v) is 11.0. The third kappa shape index (κ3) is 16.5. The highest BCUT2D eigenvalue weighted by Gasteiger charge is 2.24. The molecule has 4 aromatic rings. The van der Waals surface area contributed by atoms with Crippen LogP contribution in [0.15, 0.2) is 97.1 Å². The van der Waals surface area contributed by atoms with Crippen molar-refractivity contribution < 1.29 is 47.6 Å². The molecular formula is C52H62N4O10. The zero-order chi connectivity index (χ0) is 46.0. The fraction of sp³-hybridized carbons (Fsp3) is 0.423. The fourth-order valence-corrected chi connectivity index (χ4v) is 7.51. The lowest BCUT2D eigenvalue weighted by molar-refractivity contribution is -0.125. The number of nitrogens with one attached hydrogen (secondary N) is 2. The molecule has 2 heterocycles. The van der Waals surface area contributed by atoms with Crippen molar-refractivity contribution in [2.75, 3.05) is 102 Å². The summed E-state index contributed by atoms with van der Waals surface area (Å²) in [5, 5.41) is 5.65. The number of nitrogens with zero attached hydrogens (tertiary/aromatic N) is 2. The first-order valence-corrected chi connectivity index (χ1v) is 22.9. The Hall–Kier alpha value is -5.92. The van der Waals surface area contributed by atoms with Crippen LogP contribution in [0.1, 0.15) is 59.1 Å². The quantitative estimate of drug-likeness (QED) is 0.0607. The molecule has 0 unspecified atom stereocenters. The van der Waals surface area contributed by atoms with Crippen molar-refractivity contribution >= 4 is 35.0 Å². The Morgan fingerprint density at radius 1 is 0.409 bits per heavy atom. The van der Waals surface area contributed by atoms with Crippen molar-refractivity contribution in [3.63, 3.8) is 0 Å². The topological polar surface area (TPSA) is 154 Å². The summed E-state index contributed by atoms with van der Waals surface area (Å²) in [7, 11) is 0. The second-order valence-corrected chi connectivity index (χ2v) is 15.7. The number of fused-ring (bicyclic) bond motifs is 4. The van der Waals surface area contributed by atoms with E-state index < -0.39 is 0 Å². The molecule has 66 heavy (non-hydrogen) atoms. The molecule has 0 fully saturated rings. The molecule has 4 amide bonds. The Bertz CT molecular complexity index is 2240. The van der Waals surface area contributed by atoms with E-state index in [1.807, 2.05) is 83.8 Å². The molecule has 0 bridgehead atoms. The van der Waals surface area contributed by atoms with Gasteiger partial charge >= 0.3 is 0 Å². The second-order valence-electron chi connectivity index (χ2n) is 15.7. The summed E-state index contributed by atoms with van der Waals surface area (Å²) in [4.78, 5) is 55.2. The first-order chi connectivity index (χ1) is 32.5. The molecule has 0 aliphatic carbocycles. The van der Waals surface area contributed by atoms with Gasteiger partial charge in [-0.2, -0.15) is 0 Å². The molecule has 2 aliphatic heterocycles. The molecule has 0 spiro atoms. The van der Waals surface area contributed by atoms with Gasteiger partial charge in [-0.15, -0.1) is 0 Å². The Morgan fingerprint density at radius 2 is 0.788 bits per heavy atom. The smallest absolute Gasteiger partial charge is 0.227 e. The first kappa shape index (κ1) is 49.5. The van der Waals surface area contributed by atoms with Crippen LogP contribution in [0.2, 0.25) is 0 Å². The van der Waals surface area contributed by atoms with Gasteiger partial charge in [0.05, 0.1) is 98.1 Å². The molecule has 2 aliphatic rings. The molecule has 0 aromatic heterocycles. The molecule has 14 heteroatoms. The van der Waals surface area contributed by atoms with E-state index in [1.54, 1.807) is 4.90 Å². The maximum absolute atomic E-state index is 13.4. The van der Waals surface area contributed by atoms with Crippen LogP contribution in [-0.2, 0) is 73.5 Å². The van der Waals surface area contributed by atoms with Crippen molar-refractivity contribution in [2.24, 2.45) is 0 Å². The number of benzene rings is 4. The van der Waals surface area contributed by atoms with Crippen molar-refractivity contribution in [3.05, 3.63) is 130 Å². The highest BCUT2D eigenvalue weighted by molar-refractivity contribution is 5.97. The largest absolute Gasteiger partial charge is 0.377 e. The average molecular weight is 903 g/mol. The summed E-state index contributed by atoms with van der Waals surface area (Å²) in [6.45, 7) is 6.40. The number of ether oxygens (including phenoxy) is 6. The van der Waals surface area contributed by atoms with E-state index in [2.05, 4.69) is 40.7 Å². The van der Waals surface area contributed by atoms with Gasteiger partial charge in [-0.1, -0.05) is 84.6 Å². The molecule has 4 aromatic carbocycles. The minimum absolute atomic E-state index is 0.0691. The predicted molar refractivity (Wildman–Crippen MR) is 251 cm³/mol. The zero-order valence-electron chi connectivity index (χ0n) is 37.8. The van der Waals surface area contributed by atoms with Crippen molar-refractivity contribution in [1.82, 2.24) is 10.6 Å². The highest BCUT2D eigenvalue weighted by atomic mass is 16.6. The van der Waals surface area contributed by atoms with Gasteiger partial charge in [0.2, 0.25) is 23.6 Å². The van der Waals surface area contributed by atoms with Gasteiger partial charge in [-0.05, 0) is 59.4 Å². The molecular weight excluding hydrogens is 841 g/mol. The van der Waals surface area contributed by atoms with Crippen LogP contribution in [0.5, 0.6) is 0 Å². The lowest BCUT2D eigenvalue weighted by Gasteiger charge is -2.29. The van der Waals surface area contributed by atoms with Gasteiger partial charge in [0, 0.05) is 55.6 Å². The van der Waals surface area contributed by atoms with E-state index >= 15 is 0 Å². The number of hydrogen-bond donors (Lipinski definition) is 2. The highest BCUT2D eigenvalue weighted by Crippen LogP contribution is 2.29. The Balaban J connectivity index is 0.680. The predicted octanol–water partition coefficient (Wildman–Crippen LogP) is 5.16. The lowest BCUT2D eigenvalue weighted by atomic mass is 9.95. The zero-order valence-corrected chi connectivity index (χ0v) is 37.8. The number of amides is 4. The molecule has 0 saturated heterocycles. The molecule has 0 saturated carbocycles. The second kappa shape index (κ2) is 28.2. The standard InChI is InChI=1S/C52H62N4O10/c57-49(21-23-51(59)55-39-45-13-3-1-9-41(45)17-19-43-11-5-7-15-47(43)55)53-25-27-61-29-31-63-33-35-65-37-38-66-36-34-64-32-30-62-28-26-54-50(58)22-24-52(60)56-40-46-14-4-2-10-42(46)18-20-44-12-6-8-16-48(44)56/h1-16H,17,19,21-40H2,(H,53,57)(H,54,58). The number of anilines is 2. The lowest BCUT2D eigenvalue weighted by Crippen LogP contribution is -2.34. The van der Waals surface area contributed by atoms with E-state index in [9.17, 15) is 19.2 Å². The molecule has 0 atom stereocenters. The van der Waals surface area contributed by atoms with Crippen molar-refractivity contribution in [1.29, 1.82) is 0 Å². The average Bonchev–Trinajstić information content (AvgIpc) is 3.33. The summed E-state index contributed by atoms with van der Waals surface area (Å²) in [6.07, 6.45) is 2.19. The van der Waals surface area contributed by atoms with Gasteiger partial charge in [0.1, 0.15) is 0 Å². The van der Waals surface area contributed by atoms with Crippen LogP contribution >= 0.6 is 0 Å². The Morgan fingerprint density at radius 3 is 1.35 bits per heavy atom. The van der Waals surface area contributed by atoms with E-state index in [0.29, 0.717) is 105 Å². The number of hydrogen-bond acceptors (Lipinski definition) is 10. The maximum atomic E-state index is 13.4. The summed E-state index contributed by atoms with van der Waals surface area (Å²) in [6, 6.07) is 31.6. The van der Waals surface area contributed by atoms with Crippen LogP contribution in [0.25, 0.3) is 0 Å². The Labute approximate surface area is 388 Å². The Kier molecular flexibility index (Phi) is 21.1. The van der Waals surface area contributed by atoms with Crippen molar-refractivity contribution in [2.45, 2.75) is 51.6 Å². The van der Waals surface area contributed by atoms with Crippen LogP contribution in [0, 0.1) is 11.8 Å². The minimum atomic E-state index is -0.209. The molecule has 2 N–H and O–H groups in total. The van der Waals surface area contributed by atoms with Gasteiger partial charge in [-0.25, -0.2) is 0 Å². The first-order valence-electron chi connectivity index (χ1n) is 22.9. The van der Waals surface area contributed by atoms with Gasteiger partial charge < -0.3 is 48.9 Å². The third-order valence-electron chi connectivity index (χ3n) is 11.0. The van der Waals surface area contributed by atoms with Gasteiger partial charge in [0.25, 0.3) is 0 Å². The number of carbonyl (C=O) groups is 4. The van der Waals surface area contributed by atoms with Gasteiger partial charge in [0.15, 0.2) is 0 Å². The molecule has 0 radical (unpaired) electrons. The summed E-state index contributed by atoms with van der Waals surface area (Å²) in [5.74, 6) is 5.81. The fourth-order valence-electron chi connectivity index (χ4n) is 7.51. The van der Waals surface area contributed by atoms with Crippen LogP contribution < -0.4 is 20.4 Å². The summed E-state index contributed by atoms with van der Waals surface area (Å²) in [5.41, 5.74) is 7.83. The van der Waals surface area contributed by atoms with Crippen molar-refractivity contribution in [3.8, 4) is 11.8 Å². The van der Waals surface area contributed by atoms with Crippen LogP contribution in [-0.4, -0.2) is 116 Å². The minimum Gasteiger partial charge on any atom is -0.377 e. The van der Waals surface area contributed by atoms with Gasteiger partial charge in [-0.3, -0.25) is 19.2 Å². The molecule has 6 rings (SSSR count). The van der Waals surface area contributed by atoms with E-state index in [0.717, 1.165) is 52.0 Å².